The number of likely N-dealkylation sites (N-methyl/N-ethyl adjacent to an activating group) is 1. The number of hydrogen-bond donors (Lipinski definition) is 0. The summed E-state index contributed by atoms with van der Waals surface area (Å²) in [6.45, 7) is 8.43. The summed E-state index contributed by atoms with van der Waals surface area (Å²) in [6.07, 6.45) is 12.1. The third kappa shape index (κ3) is 3.44. The number of hydrogen-bond acceptors (Lipinski definition) is 1. The van der Waals surface area contributed by atoms with Crippen LogP contribution >= 0.6 is 0 Å². The van der Waals surface area contributed by atoms with E-state index in [4.69, 9.17) is 0 Å². The molecule has 0 aromatic heterocycles. The highest BCUT2D eigenvalue weighted by Crippen LogP contribution is 2.28. The molecule has 0 fully saturated rings. The Morgan fingerprint density at radius 1 is 1.47 bits per heavy atom. The molecule has 1 aliphatic rings. The highest BCUT2D eigenvalue weighted by molar-refractivity contribution is 5.48. The minimum absolute atomic E-state index is 0.491. The lowest BCUT2D eigenvalue weighted by Crippen LogP contribution is -2.30. The minimum Gasteiger partial charge on any atom is -0.302 e. The molecule has 1 rings (SSSR count). The smallest absolute Gasteiger partial charge is 0.0347 e. The molecule has 1 atom stereocenters. The van der Waals surface area contributed by atoms with Crippen molar-refractivity contribution in [2.45, 2.75) is 39.2 Å². The van der Waals surface area contributed by atoms with Gasteiger partial charge in [0.2, 0.25) is 0 Å². The lowest BCUT2D eigenvalue weighted by atomic mass is 9.91. The summed E-state index contributed by atoms with van der Waals surface area (Å²) in [4.78, 5) is 2.31. The average molecular weight is 231 g/mol. The van der Waals surface area contributed by atoms with Crippen molar-refractivity contribution in [3.05, 3.63) is 47.6 Å². The molecule has 0 saturated heterocycles. The van der Waals surface area contributed by atoms with E-state index in [0.29, 0.717) is 6.04 Å². The molecular formula is C16H25N. The van der Waals surface area contributed by atoms with Gasteiger partial charge < -0.3 is 4.90 Å². The highest BCUT2D eigenvalue weighted by Gasteiger charge is 2.19. The number of rotatable bonds is 5. The molecule has 0 heterocycles. The SMILES string of the molecule is C=CC1=C(C)CC=CC=C1C(CCC)N(C)C. The van der Waals surface area contributed by atoms with Gasteiger partial charge in [-0.05, 0) is 45.0 Å². The summed E-state index contributed by atoms with van der Waals surface area (Å²) in [5, 5.41) is 0. The molecule has 94 valence electrons. The molecule has 0 amide bonds. The zero-order valence-electron chi connectivity index (χ0n) is 11.7. The quantitative estimate of drug-likeness (QED) is 0.688. The summed E-state index contributed by atoms with van der Waals surface area (Å²) >= 11 is 0. The van der Waals surface area contributed by atoms with Crippen LogP contribution in [0.4, 0.5) is 0 Å². The van der Waals surface area contributed by atoms with E-state index in [9.17, 15) is 0 Å². The molecule has 0 aromatic rings. The predicted molar refractivity (Wildman–Crippen MR) is 77.1 cm³/mol. The summed E-state index contributed by atoms with van der Waals surface area (Å²) < 4.78 is 0. The van der Waals surface area contributed by atoms with Crippen molar-refractivity contribution in [3.8, 4) is 0 Å². The zero-order valence-corrected chi connectivity index (χ0v) is 11.7. The van der Waals surface area contributed by atoms with Crippen LogP contribution in [-0.2, 0) is 0 Å². The molecule has 0 N–H and O–H groups in total. The second-order valence-electron chi connectivity index (χ2n) is 4.92. The van der Waals surface area contributed by atoms with Gasteiger partial charge in [0.1, 0.15) is 0 Å². The van der Waals surface area contributed by atoms with Crippen LogP contribution in [0.1, 0.15) is 33.1 Å². The van der Waals surface area contributed by atoms with Gasteiger partial charge in [-0.2, -0.15) is 0 Å². The van der Waals surface area contributed by atoms with E-state index in [1.54, 1.807) is 0 Å². The van der Waals surface area contributed by atoms with E-state index in [0.717, 1.165) is 6.42 Å². The Morgan fingerprint density at radius 2 is 2.18 bits per heavy atom. The van der Waals surface area contributed by atoms with Crippen molar-refractivity contribution in [1.29, 1.82) is 0 Å². The van der Waals surface area contributed by atoms with E-state index in [1.165, 1.54) is 29.6 Å². The monoisotopic (exact) mass is 231 g/mol. The summed E-state index contributed by atoms with van der Waals surface area (Å²) in [6, 6.07) is 0.491. The maximum absolute atomic E-state index is 3.98. The number of nitrogens with zero attached hydrogens (tertiary/aromatic N) is 1. The van der Waals surface area contributed by atoms with Gasteiger partial charge >= 0.3 is 0 Å². The highest BCUT2D eigenvalue weighted by atomic mass is 15.1. The van der Waals surface area contributed by atoms with Crippen molar-refractivity contribution in [3.63, 3.8) is 0 Å². The fourth-order valence-corrected chi connectivity index (χ4v) is 2.41. The van der Waals surface area contributed by atoms with Crippen LogP contribution in [0.5, 0.6) is 0 Å². The van der Waals surface area contributed by atoms with Gasteiger partial charge in [-0.25, -0.2) is 0 Å². The molecule has 0 saturated carbocycles. The molecule has 17 heavy (non-hydrogen) atoms. The minimum atomic E-state index is 0.491. The summed E-state index contributed by atoms with van der Waals surface area (Å²) in [7, 11) is 4.32. The van der Waals surface area contributed by atoms with Gasteiger partial charge in [-0.15, -0.1) is 0 Å². The molecule has 1 aliphatic carbocycles. The normalized spacial score (nSPS) is 18.1. The standard InChI is InChI=1S/C16H25N/c1-6-10-16(17(4)5)15-12-9-8-11-13(3)14(15)7-2/h7-9,12,16H,2,6,10-11H2,1,3-5H3. The molecule has 1 nitrogen and oxygen atoms in total. The molecule has 0 bridgehead atoms. The van der Waals surface area contributed by atoms with Gasteiger partial charge in [0, 0.05) is 6.04 Å². The Morgan fingerprint density at radius 3 is 2.71 bits per heavy atom. The van der Waals surface area contributed by atoms with Crippen molar-refractivity contribution in [2.24, 2.45) is 0 Å². The fourth-order valence-electron chi connectivity index (χ4n) is 2.41. The van der Waals surface area contributed by atoms with Crippen LogP contribution in [0.2, 0.25) is 0 Å². The second-order valence-corrected chi connectivity index (χ2v) is 4.92. The lowest BCUT2D eigenvalue weighted by Gasteiger charge is -2.28. The third-order valence-electron chi connectivity index (χ3n) is 3.36. The molecular weight excluding hydrogens is 206 g/mol. The molecule has 0 radical (unpaired) electrons. The topological polar surface area (TPSA) is 3.24 Å². The largest absolute Gasteiger partial charge is 0.302 e. The first-order valence-electron chi connectivity index (χ1n) is 6.47. The van der Waals surface area contributed by atoms with Crippen LogP contribution in [-0.4, -0.2) is 25.0 Å². The molecule has 1 heteroatoms. The Bertz CT molecular complexity index is 356. The van der Waals surface area contributed by atoms with Crippen LogP contribution in [0.25, 0.3) is 0 Å². The van der Waals surface area contributed by atoms with Crippen LogP contribution in [0.15, 0.2) is 47.6 Å². The van der Waals surface area contributed by atoms with Crippen LogP contribution < -0.4 is 0 Å². The van der Waals surface area contributed by atoms with Crippen LogP contribution in [0.3, 0.4) is 0 Å². The number of allylic oxidation sites excluding steroid dienone is 5. The maximum atomic E-state index is 3.98. The Labute approximate surface area is 106 Å². The fraction of sp³-hybridized carbons (Fsp3) is 0.500. The second kappa shape index (κ2) is 6.61. The van der Waals surface area contributed by atoms with Crippen molar-refractivity contribution in [1.82, 2.24) is 4.90 Å². The average Bonchev–Trinajstić information content (AvgIpc) is 2.47. The van der Waals surface area contributed by atoms with Gasteiger partial charge in [-0.1, -0.05) is 49.8 Å². The molecule has 1 unspecified atom stereocenters. The van der Waals surface area contributed by atoms with Crippen molar-refractivity contribution < 1.29 is 0 Å². The zero-order chi connectivity index (χ0) is 12.8. The summed E-state index contributed by atoms with van der Waals surface area (Å²) in [5.41, 5.74) is 4.17. The third-order valence-corrected chi connectivity index (χ3v) is 3.36. The Kier molecular flexibility index (Phi) is 5.43. The van der Waals surface area contributed by atoms with E-state index in [-0.39, 0.29) is 0 Å². The van der Waals surface area contributed by atoms with Gasteiger partial charge in [0.25, 0.3) is 0 Å². The van der Waals surface area contributed by atoms with E-state index in [2.05, 4.69) is 57.6 Å². The molecule has 0 aromatic carbocycles. The van der Waals surface area contributed by atoms with Gasteiger partial charge in [0.15, 0.2) is 0 Å². The summed E-state index contributed by atoms with van der Waals surface area (Å²) in [5.74, 6) is 0. The first-order chi connectivity index (χ1) is 8.11. The van der Waals surface area contributed by atoms with Crippen molar-refractivity contribution >= 4 is 0 Å². The lowest BCUT2D eigenvalue weighted by molar-refractivity contribution is 0.315. The molecule has 0 spiro atoms. The van der Waals surface area contributed by atoms with Gasteiger partial charge in [-0.3, -0.25) is 0 Å². The predicted octanol–water partition coefficient (Wildman–Crippen LogP) is 4.11. The van der Waals surface area contributed by atoms with E-state index in [1.807, 2.05) is 6.08 Å². The van der Waals surface area contributed by atoms with E-state index < -0.39 is 0 Å². The van der Waals surface area contributed by atoms with Crippen molar-refractivity contribution in [2.75, 3.05) is 14.1 Å². The first-order valence-corrected chi connectivity index (χ1v) is 6.47. The first kappa shape index (κ1) is 14.0. The Balaban J connectivity index is 3.13. The Hall–Kier alpha value is -1.08. The van der Waals surface area contributed by atoms with Crippen LogP contribution in [0, 0.1) is 0 Å². The maximum Gasteiger partial charge on any atom is 0.0347 e. The van der Waals surface area contributed by atoms with E-state index >= 15 is 0 Å². The van der Waals surface area contributed by atoms with Gasteiger partial charge in [0.05, 0.1) is 0 Å². The molecule has 0 aliphatic heterocycles.